The number of rotatable bonds is 4. The summed E-state index contributed by atoms with van der Waals surface area (Å²) >= 11 is 1.27. The van der Waals surface area contributed by atoms with Crippen molar-refractivity contribution in [3.8, 4) is 0 Å². The maximum atomic E-state index is 13.3. The summed E-state index contributed by atoms with van der Waals surface area (Å²) in [5.41, 5.74) is 1.57. The van der Waals surface area contributed by atoms with E-state index in [1.54, 1.807) is 4.90 Å². The SMILES string of the molecule is CC.CCC.Cc1c(C(=O)N2CCN(c3ccccc3)CC2)sc2ncn(CC(=O)N3CCCC3)c(=O)c12. The van der Waals surface area contributed by atoms with E-state index in [0.29, 0.717) is 33.7 Å². The fourth-order valence-electron chi connectivity index (χ4n) is 4.64. The Bertz CT molecular complexity index is 1260. The molecule has 9 heteroatoms. The Hall–Kier alpha value is -3.20. The molecular weight excluding hydrogens is 498 g/mol. The Kier molecular flexibility index (Phi) is 10.9. The summed E-state index contributed by atoms with van der Waals surface area (Å²) in [5, 5.41) is 0.447. The van der Waals surface area contributed by atoms with E-state index < -0.39 is 0 Å². The van der Waals surface area contributed by atoms with Gasteiger partial charge in [0.1, 0.15) is 11.4 Å². The Labute approximate surface area is 229 Å². The molecule has 0 unspecified atom stereocenters. The number of benzene rings is 1. The summed E-state index contributed by atoms with van der Waals surface area (Å²) in [5.74, 6) is -0.112. The van der Waals surface area contributed by atoms with Crippen molar-refractivity contribution in [1.82, 2.24) is 19.4 Å². The number of aryl methyl sites for hydroxylation is 1. The number of piperazine rings is 1. The van der Waals surface area contributed by atoms with Gasteiger partial charge in [0.25, 0.3) is 11.5 Å². The number of hydrogen-bond acceptors (Lipinski definition) is 6. The second-order valence-corrected chi connectivity index (χ2v) is 10.3. The zero-order valence-corrected chi connectivity index (χ0v) is 24.2. The van der Waals surface area contributed by atoms with Crippen LogP contribution in [-0.2, 0) is 11.3 Å². The molecule has 0 bridgehead atoms. The lowest BCUT2D eigenvalue weighted by Gasteiger charge is -2.36. The van der Waals surface area contributed by atoms with Gasteiger partial charge in [-0.05, 0) is 37.5 Å². The molecule has 0 saturated carbocycles. The van der Waals surface area contributed by atoms with Crippen LogP contribution in [-0.4, -0.2) is 70.4 Å². The van der Waals surface area contributed by atoms with Crippen molar-refractivity contribution in [3.05, 3.63) is 57.5 Å². The van der Waals surface area contributed by atoms with Crippen LogP contribution in [0.1, 0.15) is 62.2 Å². The second kappa shape index (κ2) is 14.1. The van der Waals surface area contributed by atoms with Crippen LogP contribution in [0.5, 0.6) is 0 Å². The Balaban J connectivity index is 0.000000748. The largest absolute Gasteiger partial charge is 0.368 e. The van der Waals surface area contributed by atoms with E-state index in [2.05, 4.69) is 35.9 Å². The summed E-state index contributed by atoms with van der Waals surface area (Å²) in [6.07, 6.45) is 4.70. The lowest BCUT2D eigenvalue weighted by molar-refractivity contribution is -0.130. The number of fused-ring (bicyclic) bond motifs is 1. The molecule has 0 aliphatic carbocycles. The number of amides is 2. The third kappa shape index (κ3) is 6.62. The number of para-hydroxylation sites is 1. The summed E-state index contributed by atoms with van der Waals surface area (Å²) in [6, 6.07) is 10.2. The zero-order chi connectivity index (χ0) is 27.7. The van der Waals surface area contributed by atoms with Crippen LogP contribution < -0.4 is 10.5 Å². The molecule has 0 radical (unpaired) electrons. The molecule has 0 spiro atoms. The van der Waals surface area contributed by atoms with Crippen molar-refractivity contribution in [2.75, 3.05) is 44.2 Å². The highest BCUT2D eigenvalue weighted by Gasteiger charge is 2.27. The molecular formula is C29H41N5O3S. The fourth-order valence-corrected chi connectivity index (χ4v) is 5.75. The maximum absolute atomic E-state index is 13.3. The standard InChI is InChI=1S/C24H27N5O3S.C3H8.C2H6/c1-17-20-22(25-16-29(23(20)31)15-19(30)27-9-5-6-10-27)33-21(17)24(32)28-13-11-26(12-14-28)18-7-3-2-4-8-18;1-3-2;1-2/h2-4,7-8,16H,5-6,9-15H2,1H3;3H2,1-2H3;1-2H3. The smallest absolute Gasteiger partial charge is 0.264 e. The van der Waals surface area contributed by atoms with Crippen LogP contribution in [0.3, 0.4) is 0 Å². The van der Waals surface area contributed by atoms with E-state index in [0.717, 1.165) is 44.7 Å². The van der Waals surface area contributed by atoms with E-state index in [1.807, 2.05) is 43.9 Å². The van der Waals surface area contributed by atoms with Crippen molar-refractivity contribution in [3.63, 3.8) is 0 Å². The molecule has 3 aromatic rings. The minimum absolute atomic E-state index is 0.0121. The molecule has 5 rings (SSSR count). The number of thiophene rings is 1. The number of carbonyl (C=O) groups excluding carboxylic acids is 2. The van der Waals surface area contributed by atoms with E-state index in [4.69, 9.17) is 0 Å². The van der Waals surface area contributed by atoms with E-state index in [-0.39, 0.29) is 23.9 Å². The molecule has 2 amide bonds. The van der Waals surface area contributed by atoms with Gasteiger partial charge in [0.05, 0.1) is 16.6 Å². The Morgan fingerprint density at radius 1 is 0.921 bits per heavy atom. The Morgan fingerprint density at radius 2 is 1.53 bits per heavy atom. The minimum Gasteiger partial charge on any atom is -0.368 e. The summed E-state index contributed by atoms with van der Waals surface area (Å²) in [7, 11) is 0. The van der Waals surface area contributed by atoms with Crippen LogP contribution in [0.25, 0.3) is 10.2 Å². The molecule has 2 aromatic heterocycles. The average molecular weight is 540 g/mol. The van der Waals surface area contributed by atoms with Crippen LogP contribution in [0.15, 0.2) is 41.5 Å². The molecule has 2 fully saturated rings. The number of likely N-dealkylation sites (tertiary alicyclic amines) is 1. The summed E-state index contributed by atoms with van der Waals surface area (Å²) in [4.78, 5) is 50.4. The number of hydrogen-bond donors (Lipinski definition) is 0. The van der Waals surface area contributed by atoms with E-state index >= 15 is 0 Å². The van der Waals surface area contributed by atoms with Gasteiger partial charge in [-0.15, -0.1) is 11.3 Å². The third-order valence-electron chi connectivity index (χ3n) is 6.56. The van der Waals surface area contributed by atoms with Gasteiger partial charge < -0.3 is 14.7 Å². The highest BCUT2D eigenvalue weighted by atomic mass is 32.1. The van der Waals surface area contributed by atoms with Crippen LogP contribution in [0.4, 0.5) is 5.69 Å². The highest BCUT2D eigenvalue weighted by Crippen LogP contribution is 2.28. The molecule has 8 nitrogen and oxygen atoms in total. The van der Waals surface area contributed by atoms with Gasteiger partial charge in [-0.3, -0.25) is 19.0 Å². The van der Waals surface area contributed by atoms with Crippen molar-refractivity contribution in [1.29, 1.82) is 0 Å². The first-order chi connectivity index (χ1) is 18.4. The van der Waals surface area contributed by atoms with Crippen molar-refractivity contribution >= 4 is 39.1 Å². The highest BCUT2D eigenvalue weighted by molar-refractivity contribution is 7.20. The molecule has 2 saturated heterocycles. The van der Waals surface area contributed by atoms with Gasteiger partial charge >= 0.3 is 0 Å². The van der Waals surface area contributed by atoms with Crippen LogP contribution in [0, 0.1) is 6.92 Å². The summed E-state index contributed by atoms with van der Waals surface area (Å²) in [6.45, 7) is 14.3. The van der Waals surface area contributed by atoms with Crippen molar-refractivity contribution < 1.29 is 9.59 Å². The monoisotopic (exact) mass is 539 g/mol. The van der Waals surface area contributed by atoms with Gasteiger partial charge in [-0.2, -0.15) is 0 Å². The van der Waals surface area contributed by atoms with Gasteiger partial charge in [0.2, 0.25) is 5.91 Å². The fraction of sp³-hybridized carbons (Fsp3) is 0.517. The third-order valence-corrected chi connectivity index (χ3v) is 7.75. The lowest BCUT2D eigenvalue weighted by Crippen LogP contribution is -2.48. The number of carbonyl (C=O) groups is 2. The first-order valence-electron chi connectivity index (χ1n) is 13.8. The van der Waals surface area contributed by atoms with Crippen LogP contribution >= 0.6 is 11.3 Å². The quantitative estimate of drug-likeness (QED) is 0.476. The molecule has 38 heavy (non-hydrogen) atoms. The van der Waals surface area contributed by atoms with Gasteiger partial charge in [0.15, 0.2) is 0 Å². The van der Waals surface area contributed by atoms with Crippen molar-refractivity contribution in [2.24, 2.45) is 0 Å². The molecule has 206 valence electrons. The molecule has 4 heterocycles. The summed E-state index contributed by atoms with van der Waals surface area (Å²) < 4.78 is 1.37. The lowest BCUT2D eigenvalue weighted by atomic mass is 10.2. The first-order valence-corrected chi connectivity index (χ1v) is 14.6. The first kappa shape index (κ1) is 29.4. The number of anilines is 1. The molecule has 1 aromatic carbocycles. The average Bonchev–Trinajstić information content (AvgIpc) is 3.61. The molecule has 0 atom stereocenters. The minimum atomic E-state index is -0.255. The van der Waals surface area contributed by atoms with Crippen molar-refractivity contribution in [2.45, 2.75) is 60.4 Å². The second-order valence-electron chi connectivity index (χ2n) is 9.32. The predicted octanol–water partition coefficient (Wildman–Crippen LogP) is 4.79. The normalized spacial score (nSPS) is 15.0. The van der Waals surface area contributed by atoms with Gasteiger partial charge in [0, 0.05) is 45.0 Å². The molecule has 2 aliphatic rings. The van der Waals surface area contributed by atoms with Gasteiger partial charge in [-0.1, -0.05) is 52.3 Å². The number of aromatic nitrogens is 2. The molecule has 2 aliphatic heterocycles. The zero-order valence-electron chi connectivity index (χ0n) is 23.4. The topological polar surface area (TPSA) is 78.8 Å². The maximum Gasteiger partial charge on any atom is 0.264 e. The van der Waals surface area contributed by atoms with E-state index in [9.17, 15) is 14.4 Å². The molecule has 0 N–H and O–H groups in total. The van der Waals surface area contributed by atoms with Gasteiger partial charge in [-0.25, -0.2) is 4.98 Å². The van der Waals surface area contributed by atoms with Crippen LogP contribution in [0.2, 0.25) is 0 Å². The Morgan fingerprint density at radius 3 is 2.13 bits per heavy atom. The van der Waals surface area contributed by atoms with E-state index in [1.165, 1.54) is 28.7 Å². The number of nitrogens with zero attached hydrogens (tertiary/aromatic N) is 5. The predicted molar refractivity (Wildman–Crippen MR) is 156 cm³/mol.